The predicted molar refractivity (Wildman–Crippen MR) is 63.8 cm³/mol. The lowest BCUT2D eigenvalue weighted by Crippen LogP contribution is -2.27. The second-order valence-corrected chi connectivity index (χ2v) is 4.57. The van der Waals surface area contributed by atoms with Gasteiger partial charge in [0.05, 0.1) is 13.0 Å². The van der Waals surface area contributed by atoms with Crippen molar-refractivity contribution in [3.8, 4) is 0 Å². The van der Waals surface area contributed by atoms with Gasteiger partial charge in [-0.1, -0.05) is 6.92 Å². The molecule has 0 spiro atoms. The molecule has 2 rings (SSSR count). The Morgan fingerprint density at radius 1 is 1.47 bits per heavy atom. The van der Waals surface area contributed by atoms with Crippen LogP contribution in [0.25, 0.3) is 0 Å². The first kappa shape index (κ1) is 12.2. The van der Waals surface area contributed by atoms with Crippen molar-refractivity contribution in [2.24, 2.45) is 0 Å². The Labute approximate surface area is 101 Å². The van der Waals surface area contributed by atoms with E-state index >= 15 is 0 Å². The molecule has 0 saturated heterocycles. The van der Waals surface area contributed by atoms with Crippen LogP contribution in [-0.4, -0.2) is 28.6 Å². The molecule has 1 aromatic rings. The van der Waals surface area contributed by atoms with Gasteiger partial charge in [-0.15, -0.1) is 0 Å². The van der Waals surface area contributed by atoms with Gasteiger partial charge < -0.3 is 9.52 Å². The van der Waals surface area contributed by atoms with Crippen LogP contribution in [0.15, 0.2) is 16.5 Å². The fourth-order valence-electron chi connectivity index (χ4n) is 1.97. The summed E-state index contributed by atoms with van der Waals surface area (Å²) in [5.74, 6) is 1.21. The van der Waals surface area contributed by atoms with Gasteiger partial charge in [0.1, 0.15) is 11.5 Å². The van der Waals surface area contributed by atoms with Crippen LogP contribution in [0.1, 0.15) is 37.7 Å². The van der Waals surface area contributed by atoms with Crippen molar-refractivity contribution in [2.45, 2.75) is 45.2 Å². The minimum Gasteiger partial charge on any atom is -0.481 e. The highest BCUT2D eigenvalue weighted by molar-refractivity contribution is 5.66. The van der Waals surface area contributed by atoms with Gasteiger partial charge in [-0.25, -0.2) is 0 Å². The molecule has 0 aromatic carbocycles. The third kappa shape index (κ3) is 3.60. The van der Waals surface area contributed by atoms with Gasteiger partial charge in [0.2, 0.25) is 0 Å². The fraction of sp³-hybridized carbons (Fsp3) is 0.615. The zero-order valence-corrected chi connectivity index (χ0v) is 10.2. The first-order chi connectivity index (χ1) is 8.19. The number of carboxylic acid groups (broad SMARTS) is 1. The van der Waals surface area contributed by atoms with E-state index in [0.717, 1.165) is 24.5 Å². The van der Waals surface area contributed by atoms with Crippen LogP contribution in [0.5, 0.6) is 0 Å². The fourth-order valence-corrected chi connectivity index (χ4v) is 1.97. The second-order valence-electron chi connectivity index (χ2n) is 4.57. The van der Waals surface area contributed by atoms with Crippen molar-refractivity contribution in [1.29, 1.82) is 0 Å². The Kier molecular flexibility index (Phi) is 3.84. The summed E-state index contributed by atoms with van der Waals surface area (Å²) in [6, 6.07) is 4.55. The van der Waals surface area contributed by atoms with E-state index in [0.29, 0.717) is 12.6 Å². The van der Waals surface area contributed by atoms with E-state index in [9.17, 15) is 4.79 Å². The first-order valence-corrected chi connectivity index (χ1v) is 6.22. The van der Waals surface area contributed by atoms with E-state index < -0.39 is 5.97 Å². The smallest absolute Gasteiger partial charge is 0.304 e. The molecule has 0 radical (unpaired) electrons. The van der Waals surface area contributed by atoms with Gasteiger partial charge in [-0.3, -0.25) is 9.69 Å². The second kappa shape index (κ2) is 5.36. The van der Waals surface area contributed by atoms with Gasteiger partial charge in [0.15, 0.2) is 0 Å². The quantitative estimate of drug-likeness (QED) is 0.790. The standard InChI is InChI=1S/C13H19NO3/c1-2-11-5-6-12(17-11)9-14(10-3-4-10)8-7-13(15)16/h5-6,10H,2-4,7-9H2,1H3,(H,15,16). The first-order valence-electron chi connectivity index (χ1n) is 6.22. The third-order valence-corrected chi connectivity index (χ3v) is 3.10. The maximum Gasteiger partial charge on any atom is 0.304 e. The van der Waals surface area contributed by atoms with Crippen LogP contribution >= 0.6 is 0 Å². The van der Waals surface area contributed by atoms with Gasteiger partial charge >= 0.3 is 5.97 Å². The maximum absolute atomic E-state index is 10.6. The molecule has 0 atom stereocenters. The number of hydrogen-bond acceptors (Lipinski definition) is 3. The molecule has 1 fully saturated rings. The summed E-state index contributed by atoms with van der Waals surface area (Å²) in [5, 5.41) is 8.72. The van der Waals surface area contributed by atoms with Crippen molar-refractivity contribution in [3.05, 3.63) is 23.7 Å². The van der Waals surface area contributed by atoms with Crippen LogP contribution in [0.3, 0.4) is 0 Å². The minimum atomic E-state index is -0.732. The molecular formula is C13H19NO3. The molecule has 0 bridgehead atoms. The van der Waals surface area contributed by atoms with Crippen molar-refractivity contribution >= 4 is 5.97 Å². The van der Waals surface area contributed by atoms with Gasteiger partial charge in [0, 0.05) is 19.0 Å². The summed E-state index contributed by atoms with van der Waals surface area (Å²) in [6.45, 7) is 3.41. The SMILES string of the molecule is CCc1ccc(CN(CCC(=O)O)C2CC2)o1. The summed E-state index contributed by atoms with van der Waals surface area (Å²) in [6.07, 6.45) is 3.47. The van der Waals surface area contributed by atoms with Crippen LogP contribution in [0.2, 0.25) is 0 Å². The number of aliphatic carboxylic acids is 1. The van der Waals surface area contributed by atoms with E-state index in [4.69, 9.17) is 9.52 Å². The molecule has 1 N–H and O–H groups in total. The number of nitrogens with zero attached hydrogens (tertiary/aromatic N) is 1. The molecule has 1 aromatic heterocycles. The molecular weight excluding hydrogens is 218 g/mol. The summed E-state index contributed by atoms with van der Waals surface area (Å²) in [7, 11) is 0. The Bertz CT molecular complexity index is 382. The van der Waals surface area contributed by atoms with E-state index in [1.165, 1.54) is 12.8 Å². The average molecular weight is 237 g/mol. The molecule has 1 aliphatic carbocycles. The maximum atomic E-state index is 10.6. The lowest BCUT2D eigenvalue weighted by molar-refractivity contribution is -0.137. The Morgan fingerprint density at radius 3 is 2.71 bits per heavy atom. The van der Waals surface area contributed by atoms with Crippen LogP contribution in [0.4, 0.5) is 0 Å². The van der Waals surface area contributed by atoms with Crippen LogP contribution in [0, 0.1) is 0 Å². The third-order valence-electron chi connectivity index (χ3n) is 3.10. The summed E-state index contributed by atoms with van der Waals surface area (Å²) >= 11 is 0. The summed E-state index contributed by atoms with van der Waals surface area (Å²) in [5.41, 5.74) is 0. The van der Waals surface area contributed by atoms with Gasteiger partial charge in [-0.05, 0) is 25.0 Å². The Balaban J connectivity index is 1.90. The Morgan fingerprint density at radius 2 is 2.18 bits per heavy atom. The molecule has 4 heteroatoms. The predicted octanol–water partition coefficient (Wildman–Crippen LogP) is 2.28. The highest BCUT2D eigenvalue weighted by Crippen LogP contribution is 2.28. The number of carbonyl (C=O) groups is 1. The Hall–Kier alpha value is -1.29. The van der Waals surface area contributed by atoms with E-state index in [1.807, 2.05) is 12.1 Å². The molecule has 0 aliphatic heterocycles. The van der Waals surface area contributed by atoms with Crippen LogP contribution < -0.4 is 0 Å². The van der Waals surface area contributed by atoms with Gasteiger partial charge in [0.25, 0.3) is 0 Å². The lowest BCUT2D eigenvalue weighted by atomic mass is 10.3. The van der Waals surface area contributed by atoms with Crippen molar-refractivity contribution in [3.63, 3.8) is 0 Å². The lowest BCUT2D eigenvalue weighted by Gasteiger charge is -2.19. The van der Waals surface area contributed by atoms with Gasteiger partial charge in [-0.2, -0.15) is 0 Å². The van der Waals surface area contributed by atoms with Crippen molar-refractivity contribution in [1.82, 2.24) is 4.90 Å². The molecule has 4 nitrogen and oxygen atoms in total. The molecule has 0 amide bonds. The van der Waals surface area contributed by atoms with E-state index in [1.54, 1.807) is 0 Å². The van der Waals surface area contributed by atoms with E-state index in [-0.39, 0.29) is 6.42 Å². The summed E-state index contributed by atoms with van der Waals surface area (Å²) < 4.78 is 5.66. The molecule has 1 heterocycles. The molecule has 0 unspecified atom stereocenters. The monoisotopic (exact) mass is 237 g/mol. The highest BCUT2D eigenvalue weighted by Gasteiger charge is 2.29. The number of rotatable bonds is 7. The largest absolute Gasteiger partial charge is 0.481 e. The van der Waals surface area contributed by atoms with Crippen molar-refractivity contribution < 1.29 is 14.3 Å². The van der Waals surface area contributed by atoms with Crippen molar-refractivity contribution in [2.75, 3.05) is 6.54 Å². The zero-order chi connectivity index (χ0) is 12.3. The van der Waals surface area contributed by atoms with E-state index in [2.05, 4.69) is 11.8 Å². The normalized spacial score (nSPS) is 15.4. The number of aryl methyl sites for hydroxylation is 1. The average Bonchev–Trinajstić information content (AvgIpc) is 3.04. The zero-order valence-electron chi connectivity index (χ0n) is 10.2. The number of carboxylic acids is 1. The summed E-state index contributed by atoms with van der Waals surface area (Å²) in [4.78, 5) is 12.8. The molecule has 1 aliphatic rings. The minimum absolute atomic E-state index is 0.206. The topological polar surface area (TPSA) is 53.7 Å². The van der Waals surface area contributed by atoms with Crippen LogP contribution in [-0.2, 0) is 17.8 Å². The number of hydrogen-bond donors (Lipinski definition) is 1. The highest BCUT2D eigenvalue weighted by atomic mass is 16.4. The number of furan rings is 1. The molecule has 1 saturated carbocycles. The molecule has 17 heavy (non-hydrogen) atoms. The molecule has 94 valence electrons.